The second-order valence-electron chi connectivity index (χ2n) is 7.61. The Morgan fingerprint density at radius 1 is 1.04 bits per heavy atom. The Balaban J connectivity index is 1.38. The van der Waals surface area contributed by atoms with Gasteiger partial charge in [0.15, 0.2) is 0 Å². The molecule has 0 spiro atoms. The van der Waals surface area contributed by atoms with Gasteiger partial charge in [-0.2, -0.15) is 5.10 Å². The van der Waals surface area contributed by atoms with E-state index in [9.17, 15) is 4.79 Å². The molecule has 2 aromatic carbocycles. The Bertz CT molecular complexity index is 972. The molecule has 1 aromatic heterocycles. The molecule has 0 atom stereocenters. The zero-order chi connectivity index (χ0) is 18.2. The Kier molecular flexibility index (Phi) is 4.04. The highest BCUT2D eigenvalue weighted by molar-refractivity contribution is 5.79. The maximum atomic E-state index is 12.8. The summed E-state index contributed by atoms with van der Waals surface area (Å²) in [5, 5.41) is 4.58. The SMILES string of the molecule is O=C(Cc1ccccc1)N1CCn2ncc(-c3cccc(C4CC4)c3)c2C1. The lowest BCUT2D eigenvalue weighted by Crippen LogP contribution is -2.39. The van der Waals surface area contributed by atoms with Crippen LogP contribution in [0, 0.1) is 0 Å². The fraction of sp³-hybridized carbons (Fsp3) is 0.304. The molecule has 3 aromatic rings. The second-order valence-corrected chi connectivity index (χ2v) is 7.61. The molecule has 1 fully saturated rings. The number of carbonyl (C=O) groups excluding carboxylic acids is 1. The summed E-state index contributed by atoms with van der Waals surface area (Å²) >= 11 is 0. The van der Waals surface area contributed by atoms with Crippen LogP contribution in [0.25, 0.3) is 11.1 Å². The van der Waals surface area contributed by atoms with Crippen molar-refractivity contribution in [3.05, 3.63) is 77.6 Å². The smallest absolute Gasteiger partial charge is 0.227 e. The molecule has 27 heavy (non-hydrogen) atoms. The second kappa shape index (κ2) is 6.69. The predicted octanol–water partition coefficient (Wildman–Crippen LogP) is 4.01. The molecule has 0 unspecified atom stereocenters. The first-order valence-electron chi connectivity index (χ1n) is 9.74. The molecule has 1 saturated carbocycles. The van der Waals surface area contributed by atoms with Gasteiger partial charge in [-0.3, -0.25) is 9.48 Å². The molecule has 1 aliphatic carbocycles. The number of fused-ring (bicyclic) bond motifs is 1. The van der Waals surface area contributed by atoms with Crippen molar-refractivity contribution in [3.63, 3.8) is 0 Å². The van der Waals surface area contributed by atoms with E-state index in [-0.39, 0.29) is 5.91 Å². The molecular formula is C23H23N3O. The van der Waals surface area contributed by atoms with Crippen LogP contribution in [0.4, 0.5) is 0 Å². The highest BCUT2D eigenvalue weighted by Crippen LogP contribution is 2.41. The van der Waals surface area contributed by atoms with Gasteiger partial charge in [-0.1, -0.05) is 54.6 Å². The van der Waals surface area contributed by atoms with Crippen molar-refractivity contribution in [2.24, 2.45) is 0 Å². The van der Waals surface area contributed by atoms with E-state index in [1.807, 2.05) is 41.4 Å². The summed E-state index contributed by atoms with van der Waals surface area (Å²) in [6.07, 6.45) is 5.03. The van der Waals surface area contributed by atoms with E-state index < -0.39 is 0 Å². The molecule has 1 aliphatic heterocycles. The van der Waals surface area contributed by atoms with E-state index in [1.165, 1.54) is 24.0 Å². The van der Waals surface area contributed by atoms with Gasteiger partial charge in [0.1, 0.15) is 0 Å². The van der Waals surface area contributed by atoms with Crippen LogP contribution in [0.5, 0.6) is 0 Å². The summed E-state index contributed by atoms with van der Waals surface area (Å²) in [5.74, 6) is 0.923. The van der Waals surface area contributed by atoms with Crippen LogP contribution >= 0.6 is 0 Å². The van der Waals surface area contributed by atoms with E-state index in [4.69, 9.17) is 0 Å². The van der Waals surface area contributed by atoms with Crippen molar-refractivity contribution in [2.45, 2.75) is 38.3 Å². The van der Waals surface area contributed by atoms with Crippen LogP contribution in [0.3, 0.4) is 0 Å². The van der Waals surface area contributed by atoms with E-state index in [1.54, 1.807) is 0 Å². The normalized spacial score (nSPS) is 16.2. The maximum Gasteiger partial charge on any atom is 0.227 e. The Morgan fingerprint density at radius 2 is 1.89 bits per heavy atom. The van der Waals surface area contributed by atoms with E-state index >= 15 is 0 Å². The molecule has 2 heterocycles. The average molecular weight is 357 g/mol. The summed E-state index contributed by atoms with van der Waals surface area (Å²) in [6, 6.07) is 18.8. The number of hydrogen-bond donors (Lipinski definition) is 0. The monoisotopic (exact) mass is 357 g/mol. The van der Waals surface area contributed by atoms with Gasteiger partial charge in [-0.05, 0) is 35.4 Å². The van der Waals surface area contributed by atoms with E-state index in [2.05, 4.69) is 34.0 Å². The zero-order valence-electron chi connectivity index (χ0n) is 15.3. The molecule has 0 saturated heterocycles. The van der Waals surface area contributed by atoms with Gasteiger partial charge in [0.25, 0.3) is 0 Å². The highest BCUT2D eigenvalue weighted by Gasteiger charge is 2.26. The lowest BCUT2D eigenvalue weighted by Gasteiger charge is -2.28. The molecular weight excluding hydrogens is 334 g/mol. The molecule has 2 aliphatic rings. The summed E-state index contributed by atoms with van der Waals surface area (Å²) in [4.78, 5) is 14.8. The number of aromatic nitrogens is 2. The summed E-state index contributed by atoms with van der Waals surface area (Å²) < 4.78 is 2.06. The fourth-order valence-corrected chi connectivity index (χ4v) is 3.96. The van der Waals surface area contributed by atoms with Crippen LogP contribution in [0.2, 0.25) is 0 Å². The van der Waals surface area contributed by atoms with E-state index in [0.717, 1.165) is 35.8 Å². The first-order chi connectivity index (χ1) is 13.3. The summed E-state index contributed by atoms with van der Waals surface area (Å²) in [5.41, 5.74) is 6.03. The number of carbonyl (C=O) groups is 1. The third-order valence-corrected chi connectivity index (χ3v) is 5.67. The molecule has 0 radical (unpaired) electrons. The third-order valence-electron chi connectivity index (χ3n) is 5.67. The number of benzene rings is 2. The van der Waals surface area contributed by atoms with Gasteiger partial charge in [0.05, 0.1) is 31.4 Å². The minimum absolute atomic E-state index is 0.186. The quantitative estimate of drug-likeness (QED) is 0.707. The Hall–Kier alpha value is -2.88. The molecule has 0 bridgehead atoms. The van der Waals surface area contributed by atoms with Crippen LogP contribution in [0.1, 0.15) is 35.6 Å². The summed E-state index contributed by atoms with van der Waals surface area (Å²) in [6.45, 7) is 2.12. The molecule has 1 amide bonds. The zero-order valence-corrected chi connectivity index (χ0v) is 15.3. The molecule has 4 heteroatoms. The lowest BCUT2D eigenvalue weighted by atomic mass is 10.0. The van der Waals surface area contributed by atoms with Crippen molar-refractivity contribution in [3.8, 4) is 11.1 Å². The standard InChI is InChI=1S/C23H23N3O/c27-23(13-17-5-2-1-3-6-17)25-11-12-26-22(16-25)21(15-24-26)20-8-4-7-19(14-20)18-9-10-18/h1-8,14-15,18H,9-13,16H2. The summed E-state index contributed by atoms with van der Waals surface area (Å²) in [7, 11) is 0. The largest absolute Gasteiger partial charge is 0.335 e. The molecule has 0 N–H and O–H groups in total. The van der Waals surface area contributed by atoms with Gasteiger partial charge >= 0.3 is 0 Å². The van der Waals surface area contributed by atoms with E-state index in [0.29, 0.717) is 13.0 Å². The number of hydrogen-bond acceptors (Lipinski definition) is 2. The van der Waals surface area contributed by atoms with Gasteiger partial charge in [0, 0.05) is 12.1 Å². The lowest BCUT2D eigenvalue weighted by molar-refractivity contribution is -0.131. The number of nitrogens with zero attached hydrogens (tertiary/aromatic N) is 3. The van der Waals surface area contributed by atoms with Crippen LogP contribution in [-0.4, -0.2) is 27.1 Å². The fourth-order valence-electron chi connectivity index (χ4n) is 3.96. The van der Waals surface area contributed by atoms with Crippen molar-refractivity contribution in [1.82, 2.24) is 14.7 Å². The first-order valence-corrected chi connectivity index (χ1v) is 9.74. The van der Waals surface area contributed by atoms with Crippen LogP contribution < -0.4 is 0 Å². The van der Waals surface area contributed by atoms with Crippen molar-refractivity contribution in [2.75, 3.05) is 6.54 Å². The van der Waals surface area contributed by atoms with Crippen LogP contribution in [-0.2, 0) is 24.3 Å². The van der Waals surface area contributed by atoms with Crippen molar-refractivity contribution >= 4 is 5.91 Å². The number of rotatable bonds is 4. The van der Waals surface area contributed by atoms with Gasteiger partial charge in [-0.15, -0.1) is 0 Å². The molecule has 5 rings (SSSR count). The Morgan fingerprint density at radius 3 is 2.70 bits per heavy atom. The maximum absolute atomic E-state index is 12.8. The van der Waals surface area contributed by atoms with Crippen molar-refractivity contribution < 1.29 is 4.79 Å². The third kappa shape index (κ3) is 3.27. The minimum atomic E-state index is 0.186. The van der Waals surface area contributed by atoms with Gasteiger partial charge < -0.3 is 4.90 Å². The average Bonchev–Trinajstić information content (AvgIpc) is 3.48. The van der Waals surface area contributed by atoms with Crippen molar-refractivity contribution in [1.29, 1.82) is 0 Å². The Labute approximate surface area is 159 Å². The molecule has 4 nitrogen and oxygen atoms in total. The highest BCUT2D eigenvalue weighted by atomic mass is 16.2. The first kappa shape index (κ1) is 16.3. The number of amides is 1. The van der Waals surface area contributed by atoms with Gasteiger partial charge in [0.2, 0.25) is 5.91 Å². The molecule has 136 valence electrons. The minimum Gasteiger partial charge on any atom is -0.335 e. The topological polar surface area (TPSA) is 38.1 Å². The van der Waals surface area contributed by atoms with Crippen LogP contribution in [0.15, 0.2) is 60.8 Å². The van der Waals surface area contributed by atoms with Gasteiger partial charge in [-0.25, -0.2) is 0 Å². The predicted molar refractivity (Wildman–Crippen MR) is 105 cm³/mol.